The molecule has 1 fully saturated rings. The normalized spacial score (nSPS) is 17.2. The molecule has 1 aliphatic rings. The number of carbonyl (C=O) groups excluding carboxylic acids is 1. The van der Waals surface area contributed by atoms with Gasteiger partial charge in [-0.05, 0) is 49.5 Å². The fraction of sp³-hybridized carbons (Fsp3) is 0.611. The van der Waals surface area contributed by atoms with E-state index in [1.165, 1.54) is 5.56 Å². The highest BCUT2D eigenvalue weighted by molar-refractivity contribution is 5.85. The summed E-state index contributed by atoms with van der Waals surface area (Å²) >= 11 is 0. The molecular formula is C18H29ClN2O2. The average Bonchev–Trinajstić information content (AvgIpc) is 2.97. The molecule has 1 N–H and O–H groups in total. The van der Waals surface area contributed by atoms with Gasteiger partial charge >= 0.3 is 0 Å². The van der Waals surface area contributed by atoms with E-state index in [0.717, 1.165) is 31.8 Å². The number of amides is 1. The van der Waals surface area contributed by atoms with E-state index in [4.69, 9.17) is 4.74 Å². The fourth-order valence-corrected chi connectivity index (χ4v) is 2.88. The molecule has 1 unspecified atom stereocenters. The number of benzene rings is 1. The molecule has 1 atom stereocenters. The lowest BCUT2D eigenvalue weighted by atomic mass is 10.0. The number of halogens is 1. The third-order valence-corrected chi connectivity index (χ3v) is 4.26. The lowest BCUT2D eigenvalue weighted by molar-refractivity contribution is -0.130. The zero-order valence-corrected chi connectivity index (χ0v) is 15.2. The largest absolute Gasteiger partial charge is 0.493 e. The summed E-state index contributed by atoms with van der Waals surface area (Å²) in [6.45, 7) is 7.55. The quantitative estimate of drug-likeness (QED) is 0.829. The van der Waals surface area contributed by atoms with Gasteiger partial charge in [0.2, 0.25) is 5.91 Å². The molecule has 0 saturated carbocycles. The first-order valence-corrected chi connectivity index (χ1v) is 8.25. The van der Waals surface area contributed by atoms with Crippen molar-refractivity contribution in [2.75, 3.05) is 33.3 Å². The Morgan fingerprint density at radius 2 is 2.04 bits per heavy atom. The molecule has 4 nitrogen and oxygen atoms in total. The lowest BCUT2D eigenvalue weighted by Gasteiger charge is -2.17. The van der Waals surface area contributed by atoms with Gasteiger partial charge in [-0.1, -0.05) is 26.0 Å². The van der Waals surface area contributed by atoms with E-state index in [1.54, 1.807) is 0 Å². The second-order valence-corrected chi connectivity index (χ2v) is 6.37. The summed E-state index contributed by atoms with van der Waals surface area (Å²) in [5.74, 6) is 2.17. The number of ether oxygens (including phenoxy) is 1. The third-order valence-electron chi connectivity index (χ3n) is 4.26. The van der Waals surface area contributed by atoms with Gasteiger partial charge in [0.1, 0.15) is 5.75 Å². The van der Waals surface area contributed by atoms with Gasteiger partial charge in [-0.15, -0.1) is 12.4 Å². The molecule has 23 heavy (non-hydrogen) atoms. The van der Waals surface area contributed by atoms with Crippen molar-refractivity contribution in [1.82, 2.24) is 10.2 Å². The Morgan fingerprint density at radius 1 is 1.35 bits per heavy atom. The molecule has 0 radical (unpaired) electrons. The minimum Gasteiger partial charge on any atom is -0.493 e. The van der Waals surface area contributed by atoms with Crippen LogP contribution in [-0.4, -0.2) is 44.1 Å². The Labute approximate surface area is 146 Å². The van der Waals surface area contributed by atoms with E-state index in [2.05, 4.69) is 31.3 Å². The van der Waals surface area contributed by atoms with Crippen molar-refractivity contribution in [2.24, 2.45) is 5.92 Å². The molecule has 0 aliphatic carbocycles. The van der Waals surface area contributed by atoms with Gasteiger partial charge in [-0.25, -0.2) is 0 Å². The topological polar surface area (TPSA) is 41.6 Å². The summed E-state index contributed by atoms with van der Waals surface area (Å²) in [7, 11) is 1.96. The Kier molecular flexibility index (Phi) is 8.42. The molecule has 130 valence electrons. The highest BCUT2D eigenvalue weighted by Crippen LogP contribution is 2.19. The number of nitrogens with zero attached hydrogens (tertiary/aromatic N) is 1. The highest BCUT2D eigenvalue weighted by atomic mass is 35.5. The standard InChI is InChI=1S/C18H28N2O2.ClH/c1-14(2)16-4-6-17(7-5-16)22-11-9-18(21)20-10-8-15(13-20)12-19-3;/h4-7,14-15,19H,8-13H2,1-3H3;1H. The third kappa shape index (κ3) is 6.04. The zero-order valence-electron chi connectivity index (χ0n) is 14.4. The maximum absolute atomic E-state index is 12.2. The lowest BCUT2D eigenvalue weighted by Crippen LogP contribution is -2.31. The van der Waals surface area contributed by atoms with Gasteiger partial charge in [0.25, 0.3) is 0 Å². The molecule has 1 saturated heterocycles. The predicted octanol–water partition coefficient (Wildman–Crippen LogP) is 3.07. The van der Waals surface area contributed by atoms with Gasteiger partial charge in [-0.2, -0.15) is 0 Å². The van der Waals surface area contributed by atoms with Crippen LogP contribution >= 0.6 is 12.4 Å². The van der Waals surface area contributed by atoms with Gasteiger partial charge in [0.05, 0.1) is 13.0 Å². The summed E-state index contributed by atoms with van der Waals surface area (Å²) in [5.41, 5.74) is 1.30. The predicted molar refractivity (Wildman–Crippen MR) is 96.5 cm³/mol. The van der Waals surface area contributed by atoms with Crippen LogP contribution < -0.4 is 10.1 Å². The summed E-state index contributed by atoms with van der Waals surface area (Å²) in [6, 6.07) is 8.15. The minimum atomic E-state index is 0. The summed E-state index contributed by atoms with van der Waals surface area (Å²) in [6.07, 6.45) is 1.56. The van der Waals surface area contributed by atoms with Gasteiger partial charge < -0.3 is 15.0 Å². The number of hydrogen-bond acceptors (Lipinski definition) is 3. The Hall–Kier alpha value is -1.26. The van der Waals surface area contributed by atoms with Crippen LogP contribution in [0, 0.1) is 5.92 Å². The van der Waals surface area contributed by atoms with Crippen LogP contribution in [0.1, 0.15) is 38.2 Å². The van der Waals surface area contributed by atoms with Crippen LogP contribution in [0.25, 0.3) is 0 Å². The molecule has 0 bridgehead atoms. The number of nitrogens with one attached hydrogen (secondary N) is 1. The number of hydrogen-bond donors (Lipinski definition) is 1. The second-order valence-electron chi connectivity index (χ2n) is 6.37. The van der Waals surface area contributed by atoms with Crippen molar-refractivity contribution in [1.29, 1.82) is 0 Å². The van der Waals surface area contributed by atoms with Crippen LogP contribution in [0.2, 0.25) is 0 Å². The molecule has 5 heteroatoms. The molecule has 1 aliphatic heterocycles. The van der Waals surface area contributed by atoms with Crippen molar-refractivity contribution in [3.05, 3.63) is 29.8 Å². The summed E-state index contributed by atoms with van der Waals surface area (Å²) < 4.78 is 5.69. The second kappa shape index (κ2) is 9.78. The van der Waals surface area contributed by atoms with Gasteiger partial charge in [-0.3, -0.25) is 4.79 Å². The molecule has 0 spiro atoms. The molecular weight excluding hydrogens is 312 g/mol. The Balaban J connectivity index is 0.00000264. The Morgan fingerprint density at radius 3 is 2.65 bits per heavy atom. The maximum atomic E-state index is 12.2. The van der Waals surface area contributed by atoms with Crippen LogP contribution in [-0.2, 0) is 4.79 Å². The molecule has 1 aromatic carbocycles. The number of likely N-dealkylation sites (tertiary alicyclic amines) is 1. The first kappa shape index (κ1) is 19.8. The maximum Gasteiger partial charge on any atom is 0.226 e. The molecule has 0 aromatic heterocycles. The highest BCUT2D eigenvalue weighted by Gasteiger charge is 2.25. The van der Waals surface area contributed by atoms with Crippen LogP contribution in [0.4, 0.5) is 0 Å². The first-order valence-electron chi connectivity index (χ1n) is 8.25. The van der Waals surface area contributed by atoms with E-state index in [0.29, 0.717) is 24.9 Å². The van der Waals surface area contributed by atoms with Crippen molar-refractivity contribution < 1.29 is 9.53 Å². The van der Waals surface area contributed by atoms with Crippen molar-refractivity contribution in [3.63, 3.8) is 0 Å². The van der Waals surface area contributed by atoms with Crippen molar-refractivity contribution in [3.8, 4) is 5.75 Å². The number of rotatable bonds is 7. The van der Waals surface area contributed by atoms with E-state index >= 15 is 0 Å². The van der Waals surface area contributed by atoms with Crippen LogP contribution in [0.15, 0.2) is 24.3 Å². The van der Waals surface area contributed by atoms with Crippen molar-refractivity contribution >= 4 is 18.3 Å². The van der Waals surface area contributed by atoms with E-state index in [-0.39, 0.29) is 18.3 Å². The van der Waals surface area contributed by atoms with Gasteiger partial charge in [0, 0.05) is 13.1 Å². The molecule has 1 heterocycles. The smallest absolute Gasteiger partial charge is 0.226 e. The van der Waals surface area contributed by atoms with Crippen molar-refractivity contribution in [2.45, 2.75) is 32.6 Å². The summed E-state index contributed by atoms with van der Waals surface area (Å²) in [5, 5.41) is 3.18. The molecule has 1 aromatic rings. The van der Waals surface area contributed by atoms with Crippen LogP contribution in [0.5, 0.6) is 5.75 Å². The minimum absolute atomic E-state index is 0. The van der Waals surface area contributed by atoms with E-state index < -0.39 is 0 Å². The molecule has 2 rings (SSSR count). The fourth-order valence-electron chi connectivity index (χ4n) is 2.88. The zero-order chi connectivity index (χ0) is 15.9. The SMILES string of the molecule is CNCC1CCN(C(=O)CCOc2ccc(C(C)C)cc2)C1.Cl. The van der Waals surface area contributed by atoms with E-state index in [9.17, 15) is 4.79 Å². The van der Waals surface area contributed by atoms with Crippen LogP contribution in [0.3, 0.4) is 0 Å². The van der Waals surface area contributed by atoms with E-state index in [1.807, 2.05) is 24.1 Å². The van der Waals surface area contributed by atoms with Gasteiger partial charge in [0.15, 0.2) is 0 Å². The first-order chi connectivity index (χ1) is 10.6. The molecule has 1 amide bonds. The monoisotopic (exact) mass is 340 g/mol. The average molecular weight is 341 g/mol. The summed E-state index contributed by atoms with van der Waals surface area (Å²) in [4.78, 5) is 14.1. The Bertz CT molecular complexity index is 476. The number of carbonyl (C=O) groups is 1.